The van der Waals surface area contributed by atoms with E-state index < -0.39 is 0 Å². The van der Waals surface area contributed by atoms with Crippen LogP contribution in [0.2, 0.25) is 0 Å². The predicted molar refractivity (Wildman–Crippen MR) is 34.5 cm³/mol. The molecule has 0 aromatic carbocycles. The summed E-state index contributed by atoms with van der Waals surface area (Å²) in [5.74, 6) is 0.154. The Kier molecular flexibility index (Phi) is 1.82. The minimum absolute atomic E-state index is 0.140. The number of hydrogen-bond donors (Lipinski definition) is 1. The number of rotatable bonds is 2. The van der Waals surface area contributed by atoms with Crippen molar-refractivity contribution in [2.75, 3.05) is 0 Å². The highest BCUT2D eigenvalue weighted by atomic mass is 16.3. The number of carbonyl (C=O) groups is 1. The van der Waals surface area contributed by atoms with Gasteiger partial charge in [0.25, 0.3) is 0 Å². The van der Waals surface area contributed by atoms with Crippen molar-refractivity contribution in [2.24, 2.45) is 0 Å². The van der Waals surface area contributed by atoms with Gasteiger partial charge in [0.1, 0.15) is 6.73 Å². The topological polar surface area (TPSA) is 55.1 Å². The van der Waals surface area contributed by atoms with Crippen molar-refractivity contribution < 1.29 is 9.90 Å². The summed E-state index contributed by atoms with van der Waals surface area (Å²) in [6.45, 7) is 1.21. The predicted octanol–water partition coefficient (Wildman–Crippen LogP) is 0.0355. The van der Waals surface area contributed by atoms with E-state index in [0.29, 0.717) is 5.82 Å². The first-order valence-electron chi connectivity index (χ1n) is 2.88. The molecule has 0 saturated carbocycles. The van der Waals surface area contributed by atoms with Gasteiger partial charge in [0.2, 0.25) is 0 Å². The molecule has 1 aromatic rings. The Morgan fingerprint density at radius 1 is 1.90 bits per heavy atom. The van der Waals surface area contributed by atoms with Crippen LogP contribution in [0, 0.1) is 0 Å². The molecule has 0 aliphatic rings. The zero-order valence-electron chi connectivity index (χ0n) is 5.61. The molecular formula is C6H8N2O2. The van der Waals surface area contributed by atoms with Gasteiger partial charge >= 0.3 is 0 Å². The summed E-state index contributed by atoms with van der Waals surface area (Å²) in [4.78, 5) is 14.4. The lowest BCUT2D eigenvalue weighted by molar-refractivity contribution is 0.0987. The summed E-state index contributed by atoms with van der Waals surface area (Å²) in [6.07, 6.45) is 3.03. The molecule has 0 bridgehead atoms. The standard InChI is InChI=1S/C6H8N2O2/c1-5(10)6-7-2-3-8(6)4-9/h2-3,9H,4H2,1H3. The maximum absolute atomic E-state index is 10.7. The number of aliphatic hydroxyl groups excluding tert-OH is 1. The quantitative estimate of drug-likeness (QED) is 0.590. The van der Waals surface area contributed by atoms with Gasteiger partial charge in [-0.25, -0.2) is 4.98 Å². The average Bonchev–Trinajstić information content (AvgIpc) is 2.33. The minimum Gasteiger partial charge on any atom is -0.376 e. The Bertz CT molecular complexity index is 242. The highest BCUT2D eigenvalue weighted by Gasteiger charge is 2.04. The second kappa shape index (κ2) is 2.62. The van der Waals surface area contributed by atoms with E-state index in [-0.39, 0.29) is 12.5 Å². The molecule has 0 aliphatic carbocycles. The Morgan fingerprint density at radius 3 is 3.00 bits per heavy atom. The highest BCUT2D eigenvalue weighted by molar-refractivity contribution is 5.90. The number of hydrogen-bond acceptors (Lipinski definition) is 3. The number of aromatic nitrogens is 2. The number of carbonyl (C=O) groups excluding carboxylic acids is 1. The number of aliphatic hydroxyl groups is 1. The second-order valence-electron chi connectivity index (χ2n) is 1.92. The molecule has 54 valence electrons. The van der Waals surface area contributed by atoms with Crippen LogP contribution in [0.5, 0.6) is 0 Å². The Morgan fingerprint density at radius 2 is 2.60 bits per heavy atom. The lowest BCUT2D eigenvalue weighted by atomic mass is 10.4. The summed E-state index contributed by atoms with van der Waals surface area (Å²) in [7, 11) is 0. The third-order valence-electron chi connectivity index (χ3n) is 1.18. The van der Waals surface area contributed by atoms with E-state index in [0.717, 1.165) is 0 Å². The molecule has 0 atom stereocenters. The van der Waals surface area contributed by atoms with E-state index in [4.69, 9.17) is 5.11 Å². The molecule has 0 radical (unpaired) electrons. The molecule has 10 heavy (non-hydrogen) atoms. The van der Waals surface area contributed by atoms with Crippen LogP contribution >= 0.6 is 0 Å². The molecule has 0 saturated heterocycles. The van der Waals surface area contributed by atoms with E-state index in [1.165, 1.54) is 17.7 Å². The van der Waals surface area contributed by atoms with Gasteiger partial charge in [-0.3, -0.25) is 4.79 Å². The van der Waals surface area contributed by atoms with Gasteiger partial charge in [-0.15, -0.1) is 0 Å². The normalized spacial score (nSPS) is 9.80. The maximum Gasteiger partial charge on any atom is 0.195 e. The molecule has 4 nitrogen and oxygen atoms in total. The van der Waals surface area contributed by atoms with E-state index >= 15 is 0 Å². The van der Waals surface area contributed by atoms with Gasteiger partial charge in [0.15, 0.2) is 11.6 Å². The smallest absolute Gasteiger partial charge is 0.195 e. The van der Waals surface area contributed by atoms with Crippen LogP contribution in [0.3, 0.4) is 0 Å². The Balaban J connectivity index is 3.01. The molecule has 1 rings (SSSR count). The van der Waals surface area contributed by atoms with Crippen LogP contribution in [0.25, 0.3) is 0 Å². The van der Waals surface area contributed by atoms with Crippen molar-refractivity contribution in [1.82, 2.24) is 9.55 Å². The molecule has 0 fully saturated rings. The van der Waals surface area contributed by atoms with Gasteiger partial charge in [-0.2, -0.15) is 0 Å². The first kappa shape index (κ1) is 6.95. The number of imidazole rings is 1. The summed E-state index contributed by atoms with van der Waals surface area (Å²) in [5, 5.41) is 8.63. The van der Waals surface area contributed by atoms with E-state index in [1.54, 1.807) is 6.20 Å². The van der Waals surface area contributed by atoms with Crippen molar-refractivity contribution in [3.63, 3.8) is 0 Å². The van der Waals surface area contributed by atoms with Gasteiger partial charge in [0.05, 0.1) is 0 Å². The largest absolute Gasteiger partial charge is 0.376 e. The van der Waals surface area contributed by atoms with Crippen molar-refractivity contribution in [3.05, 3.63) is 18.2 Å². The molecular weight excluding hydrogens is 132 g/mol. The summed E-state index contributed by atoms with van der Waals surface area (Å²) >= 11 is 0. The van der Waals surface area contributed by atoms with Crippen LogP contribution in [0.4, 0.5) is 0 Å². The van der Waals surface area contributed by atoms with Crippen molar-refractivity contribution in [3.8, 4) is 0 Å². The molecule has 1 N–H and O–H groups in total. The second-order valence-corrected chi connectivity index (χ2v) is 1.92. The van der Waals surface area contributed by atoms with Crippen molar-refractivity contribution >= 4 is 5.78 Å². The Hall–Kier alpha value is -1.16. The molecule has 1 aromatic heterocycles. The lowest BCUT2D eigenvalue weighted by Crippen LogP contribution is -2.06. The van der Waals surface area contributed by atoms with E-state index in [1.807, 2.05) is 0 Å². The summed E-state index contributed by atoms with van der Waals surface area (Å²) in [5.41, 5.74) is 0. The highest BCUT2D eigenvalue weighted by Crippen LogP contribution is 1.96. The van der Waals surface area contributed by atoms with Crippen LogP contribution in [-0.4, -0.2) is 20.4 Å². The summed E-state index contributed by atoms with van der Waals surface area (Å²) < 4.78 is 1.38. The maximum atomic E-state index is 10.7. The molecule has 0 amide bonds. The molecule has 0 aliphatic heterocycles. The SMILES string of the molecule is CC(=O)c1nccn1CO. The average molecular weight is 140 g/mol. The zero-order valence-corrected chi connectivity index (χ0v) is 5.61. The van der Waals surface area contributed by atoms with Gasteiger partial charge in [-0.05, 0) is 0 Å². The fourth-order valence-corrected chi connectivity index (χ4v) is 0.736. The molecule has 0 unspecified atom stereocenters. The zero-order chi connectivity index (χ0) is 7.56. The molecule has 0 spiro atoms. The summed E-state index contributed by atoms with van der Waals surface area (Å²) in [6, 6.07) is 0. The molecule has 1 heterocycles. The van der Waals surface area contributed by atoms with Crippen LogP contribution in [0.1, 0.15) is 17.5 Å². The van der Waals surface area contributed by atoms with Crippen LogP contribution < -0.4 is 0 Å². The number of ketones is 1. The van der Waals surface area contributed by atoms with Crippen LogP contribution in [0.15, 0.2) is 12.4 Å². The fourth-order valence-electron chi connectivity index (χ4n) is 0.736. The number of nitrogens with zero attached hydrogens (tertiary/aromatic N) is 2. The third-order valence-corrected chi connectivity index (χ3v) is 1.18. The first-order chi connectivity index (χ1) is 4.75. The minimum atomic E-state index is -0.199. The third kappa shape index (κ3) is 1.06. The van der Waals surface area contributed by atoms with E-state index in [9.17, 15) is 4.79 Å². The number of Topliss-reactive ketones (excluding diaryl/α,β-unsaturated/α-hetero) is 1. The van der Waals surface area contributed by atoms with Crippen molar-refractivity contribution in [1.29, 1.82) is 0 Å². The fraction of sp³-hybridized carbons (Fsp3) is 0.333. The first-order valence-corrected chi connectivity index (χ1v) is 2.88. The van der Waals surface area contributed by atoms with Crippen molar-refractivity contribution in [2.45, 2.75) is 13.7 Å². The van der Waals surface area contributed by atoms with Crippen LogP contribution in [-0.2, 0) is 6.73 Å². The monoisotopic (exact) mass is 140 g/mol. The van der Waals surface area contributed by atoms with Gasteiger partial charge in [-0.1, -0.05) is 0 Å². The Labute approximate surface area is 58.1 Å². The lowest BCUT2D eigenvalue weighted by Gasteiger charge is -1.97. The van der Waals surface area contributed by atoms with Gasteiger partial charge < -0.3 is 9.67 Å². The molecule has 4 heteroatoms. The van der Waals surface area contributed by atoms with E-state index in [2.05, 4.69) is 4.98 Å². The van der Waals surface area contributed by atoms with Gasteiger partial charge in [0, 0.05) is 19.3 Å².